The van der Waals surface area contributed by atoms with Crippen molar-refractivity contribution in [3.05, 3.63) is 22.8 Å². The Morgan fingerprint density at radius 1 is 1.53 bits per heavy atom. The molecule has 1 aromatic heterocycles. The monoisotopic (exact) mass is 283 g/mol. The first-order chi connectivity index (χ1) is 9.13. The van der Waals surface area contributed by atoms with Crippen molar-refractivity contribution in [3.63, 3.8) is 0 Å². The van der Waals surface area contributed by atoms with Crippen molar-refractivity contribution in [2.24, 2.45) is 0 Å². The molecule has 104 valence electrons. The van der Waals surface area contributed by atoms with E-state index in [1.54, 1.807) is 24.2 Å². The summed E-state index contributed by atoms with van der Waals surface area (Å²) in [7, 11) is 3.56. The smallest absolute Gasteiger partial charge is 0.255 e. The summed E-state index contributed by atoms with van der Waals surface area (Å²) in [6, 6.07) is 1.88. The summed E-state index contributed by atoms with van der Waals surface area (Å²) in [5.74, 6) is 0.524. The van der Waals surface area contributed by atoms with E-state index in [1.807, 2.05) is 7.05 Å². The minimum absolute atomic E-state index is 0.0519. The van der Waals surface area contributed by atoms with Crippen LogP contribution >= 0.6 is 11.6 Å². The number of carbonyl (C=O) groups excluding carboxylic acids is 1. The Balaban J connectivity index is 2.12. The molecule has 1 aromatic rings. The number of ether oxygens (including phenoxy) is 1. The van der Waals surface area contributed by atoms with Crippen molar-refractivity contribution >= 4 is 23.3 Å². The van der Waals surface area contributed by atoms with Gasteiger partial charge in [-0.2, -0.15) is 0 Å². The van der Waals surface area contributed by atoms with Crippen LogP contribution in [0.15, 0.2) is 12.3 Å². The summed E-state index contributed by atoms with van der Waals surface area (Å²) >= 11 is 6.05. The number of nitrogens with zero attached hydrogens (tertiary/aromatic N) is 2. The van der Waals surface area contributed by atoms with Gasteiger partial charge in [0.1, 0.15) is 5.82 Å². The van der Waals surface area contributed by atoms with Crippen molar-refractivity contribution in [1.82, 2.24) is 9.88 Å². The summed E-state index contributed by atoms with van der Waals surface area (Å²) in [5, 5.41) is 3.32. The summed E-state index contributed by atoms with van der Waals surface area (Å²) in [6.45, 7) is 1.42. The van der Waals surface area contributed by atoms with Crippen LogP contribution in [0.25, 0.3) is 0 Å². The van der Waals surface area contributed by atoms with E-state index < -0.39 is 0 Å². The van der Waals surface area contributed by atoms with Crippen LogP contribution in [0.3, 0.4) is 0 Å². The van der Waals surface area contributed by atoms with Crippen molar-refractivity contribution in [1.29, 1.82) is 0 Å². The van der Waals surface area contributed by atoms with E-state index in [4.69, 9.17) is 16.3 Å². The van der Waals surface area contributed by atoms with Gasteiger partial charge in [0.15, 0.2) is 0 Å². The number of pyridine rings is 1. The van der Waals surface area contributed by atoms with Crippen molar-refractivity contribution in [2.45, 2.75) is 18.9 Å². The molecular weight excluding hydrogens is 266 g/mol. The van der Waals surface area contributed by atoms with E-state index in [-0.39, 0.29) is 11.9 Å². The minimum Gasteiger partial charge on any atom is -0.381 e. The number of amides is 1. The van der Waals surface area contributed by atoms with Gasteiger partial charge in [0.05, 0.1) is 10.6 Å². The standard InChI is InChI=1S/C13H18ClN3O2/c1-15-12-11(14)7-9(8-16-12)13(18)17(2)10-3-5-19-6-4-10/h7-8,10H,3-6H2,1-2H3,(H,15,16). The average Bonchev–Trinajstić information content (AvgIpc) is 2.46. The molecule has 0 aliphatic carbocycles. The maximum Gasteiger partial charge on any atom is 0.255 e. The van der Waals surface area contributed by atoms with Crippen LogP contribution < -0.4 is 5.32 Å². The molecule has 0 radical (unpaired) electrons. The average molecular weight is 284 g/mol. The van der Waals surface area contributed by atoms with Gasteiger partial charge in [0.25, 0.3) is 5.91 Å². The van der Waals surface area contributed by atoms with Gasteiger partial charge in [-0.05, 0) is 18.9 Å². The van der Waals surface area contributed by atoms with Gasteiger partial charge in [-0.15, -0.1) is 0 Å². The molecule has 6 heteroatoms. The van der Waals surface area contributed by atoms with Gasteiger partial charge in [-0.25, -0.2) is 4.98 Å². The zero-order valence-corrected chi connectivity index (χ0v) is 11.9. The van der Waals surface area contributed by atoms with Crippen molar-refractivity contribution in [2.75, 3.05) is 32.6 Å². The fraction of sp³-hybridized carbons (Fsp3) is 0.538. The Morgan fingerprint density at radius 3 is 2.79 bits per heavy atom. The second-order valence-electron chi connectivity index (χ2n) is 4.56. The fourth-order valence-corrected chi connectivity index (χ4v) is 2.44. The van der Waals surface area contributed by atoms with Gasteiger partial charge < -0.3 is 15.0 Å². The van der Waals surface area contributed by atoms with Gasteiger partial charge >= 0.3 is 0 Å². The third kappa shape index (κ3) is 3.16. The highest BCUT2D eigenvalue weighted by Gasteiger charge is 2.23. The van der Waals surface area contributed by atoms with E-state index in [1.165, 1.54) is 0 Å². The highest BCUT2D eigenvalue weighted by Crippen LogP contribution is 2.21. The Kier molecular flexibility index (Phi) is 4.61. The molecule has 1 aliphatic heterocycles. The number of carbonyl (C=O) groups is 1. The highest BCUT2D eigenvalue weighted by atomic mass is 35.5. The fourth-order valence-electron chi connectivity index (χ4n) is 2.18. The molecule has 2 heterocycles. The topological polar surface area (TPSA) is 54.5 Å². The van der Waals surface area contributed by atoms with Gasteiger partial charge in [-0.3, -0.25) is 4.79 Å². The molecule has 1 aliphatic rings. The molecule has 0 bridgehead atoms. The van der Waals surface area contributed by atoms with Crippen LogP contribution in [0, 0.1) is 0 Å². The number of halogens is 1. The molecule has 2 rings (SSSR count). The van der Waals surface area contributed by atoms with E-state index in [0.29, 0.717) is 29.6 Å². The van der Waals surface area contributed by atoms with E-state index in [9.17, 15) is 4.79 Å². The molecule has 5 nitrogen and oxygen atoms in total. The zero-order chi connectivity index (χ0) is 13.8. The van der Waals surface area contributed by atoms with Crippen molar-refractivity contribution in [3.8, 4) is 0 Å². The molecule has 0 spiro atoms. The lowest BCUT2D eigenvalue weighted by molar-refractivity contribution is 0.0362. The van der Waals surface area contributed by atoms with Gasteiger partial charge in [-0.1, -0.05) is 11.6 Å². The summed E-state index contributed by atoms with van der Waals surface area (Å²) in [4.78, 5) is 18.3. The minimum atomic E-state index is -0.0519. The molecule has 0 aromatic carbocycles. The van der Waals surface area contributed by atoms with E-state index in [0.717, 1.165) is 12.8 Å². The number of rotatable bonds is 3. The summed E-state index contributed by atoms with van der Waals surface area (Å²) < 4.78 is 5.31. The SMILES string of the molecule is CNc1ncc(C(=O)N(C)C2CCOCC2)cc1Cl. The highest BCUT2D eigenvalue weighted by molar-refractivity contribution is 6.33. The van der Waals surface area contributed by atoms with Crippen LogP contribution in [0.5, 0.6) is 0 Å². The number of hydrogen-bond acceptors (Lipinski definition) is 4. The molecule has 0 unspecified atom stereocenters. The van der Waals surface area contributed by atoms with Gasteiger partial charge in [0.2, 0.25) is 0 Å². The molecule has 0 atom stereocenters. The summed E-state index contributed by atoms with van der Waals surface area (Å²) in [6.07, 6.45) is 3.30. The normalized spacial score (nSPS) is 16.2. The molecule has 19 heavy (non-hydrogen) atoms. The predicted molar refractivity (Wildman–Crippen MR) is 74.7 cm³/mol. The first-order valence-corrected chi connectivity index (χ1v) is 6.69. The molecule has 1 fully saturated rings. The van der Waals surface area contributed by atoms with Gasteiger partial charge in [0, 0.05) is 39.5 Å². The Hall–Kier alpha value is -1.33. The van der Waals surface area contributed by atoms with Crippen LogP contribution in [0.2, 0.25) is 5.02 Å². The lowest BCUT2D eigenvalue weighted by atomic mass is 10.1. The lowest BCUT2D eigenvalue weighted by Crippen LogP contribution is -2.40. The second-order valence-corrected chi connectivity index (χ2v) is 4.97. The third-order valence-corrected chi connectivity index (χ3v) is 3.67. The van der Waals surface area contributed by atoms with E-state index >= 15 is 0 Å². The maximum atomic E-state index is 12.4. The third-order valence-electron chi connectivity index (χ3n) is 3.38. The number of aromatic nitrogens is 1. The second kappa shape index (κ2) is 6.21. The molecule has 0 saturated carbocycles. The van der Waals surface area contributed by atoms with Crippen molar-refractivity contribution < 1.29 is 9.53 Å². The quantitative estimate of drug-likeness (QED) is 0.922. The van der Waals surface area contributed by atoms with Crippen LogP contribution in [-0.4, -0.2) is 49.1 Å². The Morgan fingerprint density at radius 2 is 2.21 bits per heavy atom. The first kappa shape index (κ1) is 14.1. The molecular formula is C13H18ClN3O2. The number of hydrogen-bond donors (Lipinski definition) is 1. The summed E-state index contributed by atoms with van der Waals surface area (Å²) in [5.41, 5.74) is 0.512. The molecule has 1 saturated heterocycles. The predicted octanol–water partition coefficient (Wildman–Crippen LogP) is 2.03. The number of anilines is 1. The maximum absolute atomic E-state index is 12.4. The van der Waals surface area contributed by atoms with Crippen LogP contribution in [-0.2, 0) is 4.74 Å². The number of nitrogens with one attached hydrogen (secondary N) is 1. The first-order valence-electron chi connectivity index (χ1n) is 6.31. The van der Waals surface area contributed by atoms with E-state index in [2.05, 4.69) is 10.3 Å². The molecule has 1 amide bonds. The van der Waals surface area contributed by atoms with Crippen LogP contribution in [0.4, 0.5) is 5.82 Å². The Labute approximate surface area is 117 Å². The zero-order valence-electron chi connectivity index (χ0n) is 11.1. The van der Waals surface area contributed by atoms with Crippen LogP contribution in [0.1, 0.15) is 23.2 Å². The molecule has 1 N–H and O–H groups in total. The lowest BCUT2D eigenvalue weighted by Gasteiger charge is -2.31. The Bertz CT molecular complexity index is 461. The largest absolute Gasteiger partial charge is 0.381 e.